The van der Waals surface area contributed by atoms with Crippen molar-refractivity contribution in [3.8, 4) is 0 Å². The van der Waals surface area contributed by atoms with E-state index >= 15 is 0 Å². The Kier molecular flexibility index (Phi) is 3.06. The van der Waals surface area contributed by atoms with Gasteiger partial charge in [0.05, 0.1) is 0 Å². The lowest BCUT2D eigenvalue weighted by Crippen LogP contribution is -2.30. The van der Waals surface area contributed by atoms with Gasteiger partial charge in [0.1, 0.15) is 0 Å². The molecule has 0 amide bonds. The van der Waals surface area contributed by atoms with Crippen LogP contribution in [-0.2, 0) is 12.7 Å². The Balaban J connectivity index is 4.24. The predicted octanol–water partition coefficient (Wildman–Crippen LogP) is 1.01. The molecule has 0 atom stereocenters. The molecule has 0 N–H and O–H groups in total. The molecule has 0 rings (SSSR count). The van der Waals surface area contributed by atoms with E-state index in [4.69, 9.17) is 0 Å². The minimum Gasteiger partial charge on any atom is -0.389 e. The molecule has 0 heterocycles. The smallest absolute Gasteiger partial charge is 0.389 e. The van der Waals surface area contributed by atoms with Crippen LogP contribution in [0.2, 0.25) is 0 Å². The summed E-state index contributed by atoms with van der Waals surface area (Å²) in [4.78, 5) is 19.7. The molecule has 0 fully saturated rings. The number of alkyl halides is 3. The molecule has 0 bridgehead atoms. The van der Waals surface area contributed by atoms with E-state index in [1.165, 1.54) is 0 Å². The first kappa shape index (κ1) is 9.66. The van der Waals surface area contributed by atoms with Gasteiger partial charge in [-0.2, -0.15) is 13.2 Å². The van der Waals surface area contributed by atoms with Gasteiger partial charge in [0.15, 0.2) is 23.0 Å². The van der Waals surface area contributed by atoms with Crippen LogP contribution in [0, 0.1) is 0 Å². The molecule has 10 heavy (non-hydrogen) atoms. The first-order chi connectivity index (χ1) is 4.39. The maximum absolute atomic E-state index is 11.2. The number of rotatable bonds is 1. The van der Waals surface area contributed by atoms with Crippen molar-refractivity contribution >= 4 is 34.8 Å². The maximum Gasteiger partial charge on any atom is 0.461 e. The van der Waals surface area contributed by atoms with E-state index in [2.05, 4.69) is 3.07 Å². The summed E-state index contributed by atoms with van der Waals surface area (Å²) in [5.41, 5.74) is 0. The number of carbonyl (C=O) groups is 2. The Morgan fingerprint density at radius 2 is 1.70 bits per heavy atom. The van der Waals surface area contributed by atoms with Crippen molar-refractivity contribution < 1.29 is 25.8 Å². The third-order valence-corrected chi connectivity index (χ3v) is 0.913. The summed E-state index contributed by atoms with van der Waals surface area (Å²) >= 11 is 0.898. The first-order valence-corrected chi connectivity index (χ1v) is 2.71. The highest BCUT2D eigenvalue weighted by atomic mass is 127. The fraction of sp³-hybridized carbons (Fsp3) is 0.333. The summed E-state index contributed by atoms with van der Waals surface area (Å²) in [6.45, 7) is 0. The number of ketones is 1. The average molecular weight is 268 g/mol. The largest absolute Gasteiger partial charge is 0.461 e. The van der Waals surface area contributed by atoms with Crippen molar-refractivity contribution in [2.75, 3.05) is 0 Å². The van der Waals surface area contributed by atoms with Gasteiger partial charge in [0.25, 0.3) is 0 Å². The number of hydrogen-bond acceptors (Lipinski definition) is 3. The van der Waals surface area contributed by atoms with E-state index in [9.17, 15) is 22.8 Å². The Hall–Kier alpha value is -0.340. The zero-order valence-corrected chi connectivity index (χ0v) is 6.39. The van der Waals surface area contributed by atoms with Crippen LogP contribution in [0.3, 0.4) is 0 Å². The van der Waals surface area contributed by atoms with E-state index < -0.39 is 17.9 Å². The minimum atomic E-state index is -5.14. The van der Waals surface area contributed by atoms with Gasteiger partial charge in [-0.15, -0.1) is 0 Å². The van der Waals surface area contributed by atoms with Gasteiger partial charge in [-0.05, 0) is 0 Å². The van der Waals surface area contributed by atoms with Crippen LogP contribution in [0.25, 0.3) is 0 Å². The zero-order valence-electron chi connectivity index (χ0n) is 4.24. The Labute approximate surface area is 67.2 Å². The lowest BCUT2D eigenvalue weighted by Gasteiger charge is -1.99. The molecular formula is C3F3IO3. The van der Waals surface area contributed by atoms with Gasteiger partial charge >= 0.3 is 17.9 Å². The summed E-state index contributed by atoms with van der Waals surface area (Å²) < 4.78 is 37.2. The van der Waals surface area contributed by atoms with Crippen LogP contribution in [0.15, 0.2) is 0 Å². The van der Waals surface area contributed by atoms with E-state index in [0.717, 1.165) is 23.0 Å². The SMILES string of the molecule is O=C(OI)C(=O)C(F)(F)F. The second-order valence-corrected chi connectivity index (χ2v) is 1.63. The number of carbonyl (C=O) groups excluding carboxylic acids is 2. The molecular weight excluding hydrogens is 268 g/mol. The van der Waals surface area contributed by atoms with Crippen LogP contribution < -0.4 is 0 Å². The fourth-order valence-electron chi connectivity index (χ4n) is 0.151. The molecule has 0 saturated carbocycles. The minimum absolute atomic E-state index is 0.898. The fourth-order valence-corrected chi connectivity index (χ4v) is 0.351. The molecule has 0 aliphatic carbocycles. The maximum atomic E-state index is 11.2. The third kappa shape index (κ3) is 2.50. The summed E-state index contributed by atoms with van der Waals surface area (Å²) in [5, 5.41) is 0. The quantitative estimate of drug-likeness (QED) is 0.526. The molecule has 0 aliphatic heterocycles. The highest BCUT2D eigenvalue weighted by Gasteiger charge is 2.44. The number of halogens is 4. The summed E-state index contributed by atoms with van der Waals surface area (Å²) in [6, 6.07) is 0. The van der Waals surface area contributed by atoms with Crippen molar-refractivity contribution in [2.24, 2.45) is 0 Å². The molecule has 0 unspecified atom stereocenters. The van der Waals surface area contributed by atoms with Crippen LogP contribution >= 0.6 is 23.0 Å². The Bertz CT molecular complexity index is 163. The Morgan fingerprint density at radius 1 is 1.30 bits per heavy atom. The van der Waals surface area contributed by atoms with Crippen molar-refractivity contribution in [1.29, 1.82) is 0 Å². The molecule has 0 aromatic carbocycles. The lowest BCUT2D eigenvalue weighted by molar-refractivity contribution is -0.178. The van der Waals surface area contributed by atoms with Crippen molar-refractivity contribution in [2.45, 2.75) is 6.18 Å². The third-order valence-electron chi connectivity index (χ3n) is 0.513. The standard InChI is InChI=1S/C3F3IO3/c4-3(5,6)1(8)2(9)10-7. The van der Waals surface area contributed by atoms with E-state index in [0.29, 0.717) is 0 Å². The number of hydrogen-bond donors (Lipinski definition) is 0. The van der Waals surface area contributed by atoms with Crippen LogP contribution in [0.1, 0.15) is 0 Å². The predicted molar refractivity (Wildman–Crippen MR) is 31.2 cm³/mol. The van der Waals surface area contributed by atoms with E-state index in [1.54, 1.807) is 0 Å². The molecule has 0 spiro atoms. The molecule has 0 saturated heterocycles. The molecule has 3 nitrogen and oxygen atoms in total. The van der Waals surface area contributed by atoms with Gasteiger partial charge in [0, 0.05) is 0 Å². The molecule has 58 valence electrons. The van der Waals surface area contributed by atoms with E-state index in [-0.39, 0.29) is 0 Å². The van der Waals surface area contributed by atoms with Crippen molar-refractivity contribution in [3.63, 3.8) is 0 Å². The molecule has 0 radical (unpaired) electrons. The summed E-state index contributed by atoms with van der Waals surface area (Å²) in [5.74, 6) is -4.41. The molecule has 0 aromatic heterocycles. The second kappa shape index (κ2) is 3.17. The Morgan fingerprint density at radius 3 is 1.80 bits per heavy atom. The van der Waals surface area contributed by atoms with Gasteiger partial charge < -0.3 is 3.07 Å². The average Bonchev–Trinajstić information content (AvgIpc) is 1.83. The summed E-state index contributed by atoms with van der Waals surface area (Å²) in [6.07, 6.45) is -5.14. The second-order valence-electron chi connectivity index (χ2n) is 1.19. The van der Waals surface area contributed by atoms with Crippen LogP contribution in [-0.4, -0.2) is 17.9 Å². The molecule has 0 aliphatic rings. The highest BCUT2D eigenvalue weighted by molar-refractivity contribution is 14.1. The highest BCUT2D eigenvalue weighted by Crippen LogP contribution is 2.16. The monoisotopic (exact) mass is 268 g/mol. The zero-order chi connectivity index (χ0) is 8.36. The van der Waals surface area contributed by atoms with Crippen LogP contribution in [0.4, 0.5) is 13.2 Å². The summed E-state index contributed by atoms with van der Waals surface area (Å²) in [7, 11) is 0. The lowest BCUT2D eigenvalue weighted by atomic mass is 10.4. The molecule has 0 aromatic rings. The van der Waals surface area contributed by atoms with Gasteiger partial charge in [-0.1, -0.05) is 0 Å². The topological polar surface area (TPSA) is 43.4 Å². The van der Waals surface area contributed by atoms with Crippen LogP contribution in [0.5, 0.6) is 0 Å². The van der Waals surface area contributed by atoms with Gasteiger partial charge in [0.2, 0.25) is 0 Å². The van der Waals surface area contributed by atoms with Gasteiger partial charge in [-0.3, -0.25) is 4.79 Å². The number of Topliss-reactive ketones (excluding diaryl/α,β-unsaturated/α-hetero) is 1. The van der Waals surface area contributed by atoms with Gasteiger partial charge in [-0.25, -0.2) is 4.79 Å². The normalized spacial score (nSPS) is 10.8. The van der Waals surface area contributed by atoms with E-state index in [1.807, 2.05) is 0 Å². The van der Waals surface area contributed by atoms with Crippen molar-refractivity contribution in [1.82, 2.24) is 0 Å². The van der Waals surface area contributed by atoms with Crippen molar-refractivity contribution in [3.05, 3.63) is 0 Å². The first-order valence-electron chi connectivity index (χ1n) is 1.83. The molecule has 7 heteroatoms.